The normalized spacial score (nSPS) is 15.9. The van der Waals surface area contributed by atoms with Crippen molar-refractivity contribution in [3.63, 3.8) is 0 Å². The monoisotopic (exact) mass is 372 g/mol. The summed E-state index contributed by atoms with van der Waals surface area (Å²) in [6, 6.07) is 8.57. The number of aromatic carboxylic acids is 1. The number of carboxylic acid groups (broad SMARTS) is 1. The Morgan fingerprint density at radius 1 is 1.30 bits per heavy atom. The zero-order valence-corrected chi connectivity index (χ0v) is 15.0. The molecule has 8 heteroatoms. The van der Waals surface area contributed by atoms with E-state index in [4.69, 9.17) is 14.3 Å². The largest absolute Gasteiger partial charge is 0.479 e. The summed E-state index contributed by atoms with van der Waals surface area (Å²) in [6.07, 6.45) is -0.512. The van der Waals surface area contributed by atoms with E-state index in [1.807, 2.05) is 6.07 Å². The Labute approximate surface area is 155 Å². The van der Waals surface area contributed by atoms with E-state index in [0.717, 1.165) is 0 Å². The van der Waals surface area contributed by atoms with Crippen LogP contribution in [0.3, 0.4) is 0 Å². The van der Waals surface area contributed by atoms with Gasteiger partial charge in [0, 0.05) is 13.0 Å². The number of ether oxygens (including phenoxy) is 1. The third kappa shape index (κ3) is 3.94. The number of nitrogens with zero attached hydrogens (tertiary/aromatic N) is 1. The summed E-state index contributed by atoms with van der Waals surface area (Å²) in [5, 5.41) is 11.7. The number of para-hydroxylation sites is 2. The van der Waals surface area contributed by atoms with Gasteiger partial charge in [-0.05, 0) is 32.0 Å². The van der Waals surface area contributed by atoms with Crippen molar-refractivity contribution < 1.29 is 28.6 Å². The van der Waals surface area contributed by atoms with Crippen molar-refractivity contribution in [1.29, 1.82) is 0 Å². The molecule has 1 aromatic heterocycles. The number of hydrogen-bond donors (Lipinski definition) is 2. The van der Waals surface area contributed by atoms with Crippen LogP contribution < -0.4 is 15.0 Å². The molecule has 2 aromatic rings. The summed E-state index contributed by atoms with van der Waals surface area (Å²) in [5.74, 6) is -0.291. The third-order valence-electron chi connectivity index (χ3n) is 4.30. The number of aryl methyl sites for hydroxylation is 1. The van der Waals surface area contributed by atoms with Gasteiger partial charge in [-0.2, -0.15) is 0 Å². The van der Waals surface area contributed by atoms with Gasteiger partial charge in [-0.25, -0.2) is 4.79 Å². The molecule has 0 fully saturated rings. The highest BCUT2D eigenvalue weighted by molar-refractivity contribution is 6.00. The molecule has 8 nitrogen and oxygen atoms in total. The van der Waals surface area contributed by atoms with Gasteiger partial charge in [-0.15, -0.1) is 0 Å². The number of carbonyl (C=O) groups excluding carboxylic acids is 2. The van der Waals surface area contributed by atoms with E-state index in [0.29, 0.717) is 17.2 Å². The number of fused-ring (bicyclic) bond motifs is 1. The lowest BCUT2D eigenvalue weighted by Crippen LogP contribution is -2.45. The molecule has 2 heterocycles. The standard InChI is InChI=1S/C19H20N2O6/c1-11-14(19(24)25)9-13(26-11)10-20-17(22)7-8-21-15-5-3-4-6-16(15)27-12(2)18(21)23/h3-6,9,12H,7-8,10H2,1-2H3,(H,20,22)(H,24,25). The zero-order chi connectivity index (χ0) is 19.6. The number of rotatable bonds is 6. The van der Waals surface area contributed by atoms with E-state index < -0.39 is 12.1 Å². The maximum Gasteiger partial charge on any atom is 0.339 e. The zero-order valence-electron chi connectivity index (χ0n) is 15.0. The molecular weight excluding hydrogens is 352 g/mol. The van der Waals surface area contributed by atoms with Crippen LogP contribution in [0, 0.1) is 6.92 Å². The molecule has 1 unspecified atom stereocenters. The van der Waals surface area contributed by atoms with Crippen LogP contribution in [-0.4, -0.2) is 35.5 Å². The summed E-state index contributed by atoms with van der Waals surface area (Å²) in [4.78, 5) is 37.1. The Hall–Kier alpha value is -3.29. The van der Waals surface area contributed by atoms with Crippen LogP contribution in [0.2, 0.25) is 0 Å². The number of carbonyl (C=O) groups is 3. The molecule has 142 valence electrons. The van der Waals surface area contributed by atoms with Crippen LogP contribution in [-0.2, 0) is 16.1 Å². The minimum Gasteiger partial charge on any atom is -0.479 e. The molecule has 0 aliphatic carbocycles. The van der Waals surface area contributed by atoms with Crippen LogP contribution in [0.15, 0.2) is 34.7 Å². The van der Waals surface area contributed by atoms with Gasteiger partial charge in [0.2, 0.25) is 5.91 Å². The van der Waals surface area contributed by atoms with E-state index >= 15 is 0 Å². The van der Waals surface area contributed by atoms with Gasteiger partial charge >= 0.3 is 5.97 Å². The third-order valence-corrected chi connectivity index (χ3v) is 4.30. The molecule has 3 rings (SSSR count). The first-order chi connectivity index (χ1) is 12.9. The minimum absolute atomic E-state index is 0.0729. The van der Waals surface area contributed by atoms with Gasteiger partial charge in [-0.3, -0.25) is 9.59 Å². The van der Waals surface area contributed by atoms with Gasteiger partial charge in [0.05, 0.1) is 12.2 Å². The Morgan fingerprint density at radius 2 is 2.04 bits per heavy atom. The number of anilines is 1. The summed E-state index contributed by atoms with van der Waals surface area (Å²) in [7, 11) is 0. The fourth-order valence-electron chi connectivity index (χ4n) is 2.92. The van der Waals surface area contributed by atoms with Gasteiger partial charge in [0.25, 0.3) is 5.91 Å². The van der Waals surface area contributed by atoms with Crippen LogP contribution in [0.5, 0.6) is 5.75 Å². The van der Waals surface area contributed by atoms with Crippen molar-refractivity contribution in [1.82, 2.24) is 5.32 Å². The van der Waals surface area contributed by atoms with E-state index in [1.165, 1.54) is 6.07 Å². The Morgan fingerprint density at radius 3 is 2.74 bits per heavy atom. The van der Waals surface area contributed by atoms with Crippen LogP contribution >= 0.6 is 0 Å². The molecule has 0 radical (unpaired) electrons. The van der Waals surface area contributed by atoms with Crippen molar-refractivity contribution in [3.05, 3.63) is 47.4 Å². The SMILES string of the molecule is Cc1oc(CNC(=O)CCN2C(=O)C(C)Oc3ccccc32)cc1C(=O)O. The van der Waals surface area contributed by atoms with Crippen molar-refractivity contribution in [3.8, 4) is 5.75 Å². The number of amides is 2. The molecule has 1 aliphatic heterocycles. The molecule has 1 aromatic carbocycles. The maximum atomic E-state index is 12.4. The van der Waals surface area contributed by atoms with Crippen molar-refractivity contribution in [2.45, 2.75) is 32.9 Å². The smallest absolute Gasteiger partial charge is 0.339 e. The molecule has 1 atom stereocenters. The van der Waals surface area contributed by atoms with Crippen LogP contribution in [0.1, 0.15) is 35.2 Å². The number of nitrogens with one attached hydrogen (secondary N) is 1. The lowest BCUT2D eigenvalue weighted by Gasteiger charge is -2.32. The molecule has 27 heavy (non-hydrogen) atoms. The number of carboxylic acids is 1. The van der Waals surface area contributed by atoms with Crippen molar-refractivity contribution in [2.24, 2.45) is 0 Å². The molecule has 0 saturated carbocycles. The first-order valence-corrected chi connectivity index (χ1v) is 8.53. The highest BCUT2D eigenvalue weighted by Gasteiger charge is 2.31. The maximum absolute atomic E-state index is 12.4. The Kier molecular flexibility index (Phi) is 5.16. The summed E-state index contributed by atoms with van der Waals surface area (Å²) in [5.41, 5.74) is 0.713. The van der Waals surface area contributed by atoms with Gasteiger partial charge < -0.3 is 24.5 Å². The minimum atomic E-state index is -1.08. The predicted octanol–water partition coefficient (Wildman–Crippen LogP) is 2.11. The van der Waals surface area contributed by atoms with Gasteiger partial charge in [0.15, 0.2) is 6.10 Å². The second kappa shape index (κ2) is 7.53. The molecule has 2 amide bonds. The van der Waals surface area contributed by atoms with E-state index in [1.54, 1.807) is 36.9 Å². The van der Waals surface area contributed by atoms with Crippen LogP contribution in [0.25, 0.3) is 0 Å². The number of hydrogen-bond acceptors (Lipinski definition) is 5. The highest BCUT2D eigenvalue weighted by Crippen LogP contribution is 2.33. The van der Waals surface area contributed by atoms with E-state index in [9.17, 15) is 14.4 Å². The fraction of sp³-hybridized carbons (Fsp3) is 0.316. The average molecular weight is 372 g/mol. The number of benzene rings is 1. The molecule has 2 N–H and O–H groups in total. The van der Waals surface area contributed by atoms with Crippen molar-refractivity contribution in [2.75, 3.05) is 11.4 Å². The van der Waals surface area contributed by atoms with Crippen LogP contribution in [0.4, 0.5) is 5.69 Å². The number of furan rings is 1. The summed E-state index contributed by atoms with van der Waals surface area (Å²) in [6.45, 7) is 3.52. The van der Waals surface area contributed by atoms with E-state index in [-0.39, 0.29) is 42.6 Å². The second-order valence-electron chi connectivity index (χ2n) is 6.23. The topological polar surface area (TPSA) is 109 Å². The Balaban J connectivity index is 1.58. The Bertz CT molecular complexity index is 888. The summed E-state index contributed by atoms with van der Waals surface area (Å²) >= 11 is 0. The van der Waals surface area contributed by atoms with Crippen molar-refractivity contribution >= 4 is 23.5 Å². The van der Waals surface area contributed by atoms with Gasteiger partial charge in [-0.1, -0.05) is 12.1 Å². The molecule has 1 aliphatic rings. The second-order valence-corrected chi connectivity index (χ2v) is 6.23. The lowest BCUT2D eigenvalue weighted by molar-refractivity contribution is -0.125. The first-order valence-electron chi connectivity index (χ1n) is 8.53. The molecular formula is C19H20N2O6. The van der Waals surface area contributed by atoms with Gasteiger partial charge in [0.1, 0.15) is 22.8 Å². The fourth-order valence-corrected chi connectivity index (χ4v) is 2.92. The highest BCUT2D eigenvalue weighted by atomic mass is 16.5. The predicted molar refractivity (Wildman–Crippen MR) is 95.8 cm³/mol. The quantitative estimate of drug-likeness (QED) is 0.804. The average Bonchev–Trinajstić information content (AvgIpc) is 3.01. The first kappa shape index (κ1) is 18.5. The lowest BCUT2D eigenvalue weighted by atomic mass is 10.1. The molecule has 0 bridgehead atoms. The van der Waals surface area contributed by atoms with E-state index in [2.05, 4.69) is 5.32 Å². The summed E-state index contributed by atoms with van der Waals surface area (Å²) < 4.78 is 10.9. The molecule has 0 spiro atoms. The molecule has 0 saturated heterocycles.